The Morgan fingerprint density at radius 2 is 1.85 bits per heavy atom. The molecule has 0 amide bonds. The van der Waals surface area contributed by atoms with E-state index in [4.69, 9.17) is 4.74 Å². The van der Waals surface area contributed by atoms with Gasteiger partial charge in [-0.2, -0.15) is 0 Å². The minimum absolute atomic E-state index is 0.502. The van der Waals surface area contributed by atoms with Crippen LogP contribution in [0.1, 0.15) is 35.3 Å². The Labute approximate surface area is 128 Å². The number of halogens is 1. The van der Waals surface area contributed by atoms with E-state index in [1.54, 1.807) is 6.92 Å². The smallest absolute Gasteiger partial charge is 0.125 e. The Balaban J connectivity index is 2.16. The molecule has 0 bridgehead atoms. The molecule has 1 atom stereocenters. The maximum absolute atomic E-state index is 9.81. The van der Waals surface area contributed by atoms with Gasteiger partial charge in [-0.15, -0.1) is 0 Å². The number of benzene rings is 2. The Kier molecular flexibility index (Phi) is 4.84. The lowest BCUT2D eigenvalue weighted by molar-refractivity contribution is 0.190. The van der Waals surface area contributed by atoms with Crippen LogP contribution in [0.4, 0.5) is 0 Å². The summed E-state index contributed by atoms with van der Waals surface area (Å²) in [6.45, 7) is 6.44. The van der Waals surface area contributed by atoms with Crippen LogP contribution < -0.4 is 4.74 Å². The fraction of sp³-hybridized carbons (Fsp3) is 0.294. The van der Waals surface area contributed by atoms with E-state index in [9.17, 15) is 5.11 Å². The van der Waals surface area contributed by atoms with E-state index in [2.05, 4.69) is 48.0 Å². The normalized spacial score (nSPS) is 12.2. The van der Waals surface area contributed by atoms with E-state index < -0.39 is 6.10 Å². The highest BCUT2D eigenvalue weighted by molar-refractivity contribution is 9.10. The van der Waals surface area contributed by atoms with E-state index in [0.717, 1.165) is 21.3 Å². The first-order valence-corrected chi connectivity index (χ1v) is 7.43. The van der Waals surface area contributed by atoms with Crippen LogP contribution in [0.15, 0.2) is 40.9 Å². The molecule has 2 aromatic carbocycles. The van der Waals surface area contributed by atoms with Gasteiger partial charge in [0.15, 0.2) is 0 Å². The molecule has 0 unspecified atom stereocenters. The van der Waals surface area contributed by atoms with Gasteiger partial charge in [0, 0.05) is 10.0 Å². The van der Waals surface area contributed by atoms with Crippen molar-refractivity contribution >= 4 is 15.9 Å². The Hall–Kier alpha value is -1.32. The molecule has 0 aromatic heterocycles. The Morgan fingerprint density at radius 3 is 2.50 bits per heavy atom. The second-order valence-corrected chi connectivity index (χ2v) is 5.98. The zero-order chi connectivity index (χ0) is 14.7. The standard InChI is InChI=1S/C17H19BrO2/c1-11-4-5-14(8-12(11)2)10-20-17-7-6-15(18)9-16(17)13(3)19/h4-9,13,19H,10H2,1-3H3/t13-/m0/s1. The van der Waals surface area contributed by atoms with Gasteiger partial charge in [-0.25, -0.2) is 0 Å². The maximum atomic E-state index is 9.81. The molecule has 2 aromatic rings. The summed E-state index contributed by atoms with van der Waals surface area (Å²) in [7, 11) is 0. The number of aliphatic hydroxyl groups is 1. The average molecular weight is 335 g/mol. The number of aryl methyl sites for hydroxylation is 2. The highest BCUT2D eigenvalue weighted by Crippen LogP contribution is 2.29. The monoisotopic (exact) mass is 334 g/mol. The minimum atomic E-state index is -0.553. The van der Waals surface area contributed by atoms with Crippen molar-refractivity contribution in [2.24, 2.45) is 0 Å². The van der Waals surface area contributed by atoms with Crippen LogP contribution in [0.2, 0.25) is 0 Å². The number of aliphatic hydroxyl groups excluding tert-OH is 1. The van der Waals surface area contributed by atoms with Gasteiger partial charge in [0.05, 0.1) is 6.10 Å². The van der Waals surface area contributed by atoms with Crippen molar-refractivity contribution in [3.8, 4) is 5.75 Å². The van der Waals surface area contributed by atoms with Crippen molar-refractivity contribution in [1.82, 2.24) is 0 Å². The molecule has 0 radical (unpaired) electrons. The predicted molar refractivity (Wildman–Crippen MR) is 85.0 cm³/mol. The van der Waals surface area contributed by atoms with Gasteiger partial charge in [-0.05, 0) is 55.7 Å². The third-order valence-electron chi connectivity index (χ3n) is 3.39. The van der Waals surface area contributed by atoms with Crippen LogP contribution >= 0.6 is 15.9 Å². The molecule has 106 valence electrons. The van der Waals surface area contributed by atoms with E-state index >= 15 is 0 Å². The predicted octanol–water partition coefficient (Wildman–Crippen LogP) is 4.70. The molecule has 0 aliphatic rings. The first-order valence-electron chi connectivity index (χ1n) is 6.64. The van der Waals surface area contributed by atoms with Crippen LogP contribution in [-0.4, -0.2) is 5.11 Å². The van der Waals surface area contributed by atoms with Gasteiger partial charge < -0.3 is 9.84 Å². The highest BCUT2D eigenvalue weighted by atomic mass is 79.9. The van der Waals surface area contributed by atoms with E-state index in [-0.39, 0.29) is 0 Å². The minimum Gasteiger partial charge on any atom is -0.489 e. The fourth-order valence-electron chi connectivity index (χ4n) is 2.03. The van der Waals surface area contributed by atoms with Crippen molar-refractivity contribution in [3.63, 3.8) is 0 Å². The number of rotatable bonds is 4. The number of ether oxygens (including phenoxy) is 1. The summed E-state index contributed by atoms with van der Waals surface area (Å²) in [5.74, 6) is 0.724. The summed E-state index contributed by atoms with van der Waals surface area (Å²) in [5.41, 5.74) is 4.47. The van der Waals surface area contributed by atoms with Gasteiger partial charge in [-0.3, -0.25) is 0 Å². The zero-order valence-electron chi connectivity index (χ0n) is 12.0. The molecule has 1 N–H and O–H groups in total. The summed E-state index contributed by atoms with van der Waals surface area (Å²) in [5, 5.41) is 9.81. The molecule has 0 aliphatic carbocycles. The van der Waals surface area contributed by atoms with Crippen molar-refractivity contribution in [2.45, 2.75) is 33.5 Å². The molecule has 0 heterocycles. The van der Waals surface area contributed by atoms with E-state index in [1.165, 1.54) is 11.1 Å². The molecule has 0 saturated heterocycles. The Morgan fingerprint density at radius 1 is 1.10 bits per heavy atom. The molecule has 2 rings (SSSR count). The summed E-state index contributed by atoms with van der Waals surface area (Å²) >= 11 is 3.41. The highest BCUT2D eigenvalue weighted by Gasteiger charge is 2.10. The quantitative estimate of drug-likeness (QED) is 0.878. The van der Waals surface area contributed by atoms with Gasteiger partial charge in [0.25, 0.3) is 0 Å². The molecular formula is C17H19BrO2. The van der Waals surface area contributed by atoms with Crippen molar-refractivity contribution in [1.29, 1.82) is 0 Å². The molecule has 0 aliphatic heterocycles. The van der Waals surface area contributed by atoms with E-state index in [1.807, 2.05) is 18.2 Å². The van der Waals surface area contributed by atoms with Crippen molar-refractivity contribution < 1.29 is 9.84 Å². The molecule has 0 saturated carbocycles. The summed E-state index contributed by atoms with van der Waals surface area (Å²) in [4.78, 5) is 0. The molecular weight excluding hydrogens is 316 g/mol. The molecule has 20 heavy (non-hydrogen) atoms. The van der Waals surface area contributed by atoms with Gasteiger partial charge in [0.2, 0.25) is 0 Å². The molecule has 2 nitrogen and oxygen atoms in total. The van der Waals surface area contributed by atoms with Crippen molar-refractivity contribution in [3.05, 3.63) is 63.1 Å². The lowest BCUT2D eigenvalue weighted by Crippen LogP contribution is -2.01. The van der Waals surface area contributed by atoms with Crippen LogP contribution in [0.5, 0.6) is 5.75 Å². The Bertz CT molecular complexity index is 606. The number of hydrogen-bond donors (Lipinski definition) is 1. The first-order chi connectivity index (χ1) is 9.47. The SMILES string of the molecule is Cc1ccc(COc2ccc(Br)cc2[C@H](C)O)cc1C. The zero-order valence-corrected chi connectivity index (χ0v) is 13.6. The second-order valence-electron chi connectivity index (χ2n) is 5.07. The van der Waals surface area contributed by atoms with E-state index in [0.29, 0.717) is 6.61 Å². The first kappa shape index (κ1) is 15.1. The summed E-state index contributed by atoms with van der Waals surface area (Å²) in [6.07, 6.45) is -0.553. The average Bonchev–Trinajstić information content (AvgIpc) is 2.41. The van der Waals surface area contributed by atoms with Crippen LogP contribution in [-0.2, 0) is 6.61 Å². The van der Waals surface area contributed by atoms with Gasteiger partial charge in [-0.1, -0.05) is 34.1 Å². The maximum Gasteiger partial charge on any atom is 0.125 e. The molecule has 0 fully saturated rings. The summed E-state index contributed by atoms with van der Waals surface area (Å²) < 4.78 is 6.79. The third kappa shape index (κ3) is 3.62. The number of hydrogen-bond acceptors (Lipinski definition) is 2. The van der Waals surface area contributed by atoms with Crippen LogP contribution in [0.3, 0.4) is 0 Å². The van der Waals surface area contributed by atoms with Crippen LogP contribution in [0, 0.1) is 13.8 Å². The van der Waals surface area contributed by atoms with Crippen molar-refractivity contribution in [2.75, 3.05) is 0 Å². The second kappa shape index (κ2) is 6.42. The topological polar surface area (TPSA) is 29.5 Å². The van der Waals surface area contributed by atoms with Gasteiger partial charge in [0.1, 0.15) is 12.4 Å². The fourth-order valence-corrected chi connectivity index (χ4v) is 2.41. The summed E-state index contributed by atoms with van der Waals surface area (Å²) in [6, 6.07) is 12.0. The lowest BCUT2D eigenvalue weighted by atomic mass is 10.1. The largest absolute Gasteiger partial charge is 0.489 e. The van der Waals surface area contributed by atoms with Gasteiger partial charge >= 0.3 is 0 Å². The molecule has 0 spiro atoms. The third-order valence-corrected chi connectivity index (χ3v) is 3.88. The molecule has 3 heteroatoms. The lowest BCUT2D eigenvalue weighted by Gasteiger charge is -2.14. The van der Waals surface area contributed by atoms with Crippen LogP contribution in [0.25, 0.3) is 0 Å².